The number of rotatable bonds is 6. The molecule has 1 N–H and O–H groups in total. The number of nitriles is 1. The summed E-state index contributed by atoms with van der Waals surface area (Å²) >= 11 is 13.5. The number of nitrogens with zero attached hydrogens (tertiary/aromatic N) is 2. The van der Waals surface area contributed by atoms with Crippen LogP contribution in [0.2, 0.25) is 10.0 Å². The van der Waals surface area contributed by atoms with Crippen molar-refractivity contribution in [2.24, 2.45) is 0 Å². The summed E-state index contributed by atoms with van der Waals surface area (Å²) in [5.74, 6) is -1.43. The van der Waals surface area contributed by atoms with Crippen molar-refractivity contribution >= 4 is 52.5 Å². The first-order valence-corrected chi connectivity index (χ1v) is 12.2. The molecular weight excluding hydrogens is 508 g/mol. The van der Waals surface area contributed by atoms with Gasteiger partial charge in [0, 0.05) is 22.3 Å². The van der Waals surface area contributed by atoms with Gasteiger partial charge in [-0.05, 0) is 60.0 Å². The number of halogens is 3. The van der Waals surface area contributed by atoms with Crippen LogP contribution in [0.3, 0.4) is 0 Å². The zero-order valence-corrected chi connectivity index (χ0v) is 20.5. The summed E-state index contributed by atoms with van der Waals surface area (Å²) < 4.78 is 13.6. The molecule has 1 unspecified atom stereocenters. The van der Waals surface area contributed by atoms with E-state index in [4.69, 9.17) is 23.2 Å². The van der Waals surface area contributed by atoms with Crippen molar-refractivity contribution in [2.75, 3.05) is 4.90 Å². The lowest BCUT2D eigenvalue weighted by Crippen LogP contribution is -2.32. The van der Waals surface area contributed by atoms with E-state index in [1.807, 2.05) is 36.4 Å². The fourth-order valence-electron chi connectivity index (χ4n) is 3.58. The van der Waals surface area contributed by atoms with Gasteiger partial charge < -0.3 is 5.32 Å². The minimum Gasteiger partial charge on any atom is -0.347 e. The normalized spacial score (nSPS) is 16.7. The smallest absolute Gasteiger partial charge is 0.264 e. The third-order valence-electron chi connectivity index (χ3n) is 5.30. The first-order chi connectivity index (χ1) is 16.9. The van der Waals surface area contributed by atoms with E-state index in [1.54, 1.807) is 18.2 Å². The number of thioether (sulfide) groups is 1. The molecule has 0 saturated carbocycles. The van der Waals surface area contributed by atoms with Crippen molar-refractivity contribution in [1.29, 1.82) is 5.26 Å². The summed E-state index contributed by atoms with van der Waals surface area (Å²) in [6.45, 7) is 0.217. The van der Waals surface area contributed by atoms with Crippen LogP contribution in [-0.4, -0.2) is 17.1 Å². The maximum atomic E-state index is 13.6. The van der Waals surface area contributed by atoms with Gasteiger partial charge in [-0.2, -0.15) is 5.26 Å². The van der Waals surface area contributed by atoms with Crippen molar-refractivity contribution in [2.45, 2.75) is 18.2 Å². The molecule has 3 aromatic carbocycles. The quantitative estimate of drug-likeness (QED) is 0.322. The Morgan fingerprint density at radius 1 is 1.09 bits per heavy atom. The first-order valence-electron chi connectivity index (χ1n) is 10.5. The van der Waals surface area contributed by atoms with E-state index < -0.39 is 17.0 Å². The SMILES string of the molecule is N#CC(C(=O)NCc1ccccc1)=C1SC(Cc2cc(Cl)ccc2Cl)C(=O)N1c1ccc(F)cc1. The van der Waals surface area contributed by atoms with Crippen molar-refractivity contribution in [3.05, 3.63) is 110 Å². The Morgan fingerprint density at radius 2 is 1.80 bits per heavy atom. The summed E-state index contributed by atoms with van der Waals surface area (Å²) in [4.78, 5) is 27.8. The lowest BCUT2D eigenvalue weighted by atomic mass is 10.1. The fourth-order valence-corrected chi connectivity index (χ4v) is 5.26. The lowest BCUT2D eigenvalue weighted by Gasteiger charge is -2.18. The first kappa shape index (κ1) is 24.8. The predicted octanol–water partition coefficient (Wildman–Crippen LogP) is 5.88. The largest absolute Gasteiger partial charge is 0.347 e. The number of anilines is 1. The average Bonchev–Trinajstić information content (AvgIpc) is 3.17. The second kappa shape index (κ2) is 11.0. The minimum atomic E-state index is -0.670. The fraction of sp³-hybridized carbons (Fsp3) is 0.115. The number of nitrogens with one attached hydrogen (secondary N) is 1. The minimum absolute atomic E-state index is 0.179. The average molecular weight is 526 g/mol. The molecule has 1 heterocycles. The van der Waals surface area contributed by atoms with Gasteiger partial charge in [-0.1, -0.05) is 65.3 Å². The highest BCUT2D eigenvalue weighted by Gasteiger charge is 2.41. The summed E-state index contributed by atoms with van der Waals surface area (Å²) in [7, 11) is 0. The molecule has 1 atom stereocenters. The topological polar surface area (TPSA) is 73.2 Å². The van der Waals surface area contributed by atoms with E-state index in [9.17, 15) is 19.2 Å². The summed E-state index contributed by atoms with van der Waals surface area (Å²) in [5, 5.41) is 13.1. The monoisotopic (exact) mass is 525 g/mol. The Bertz CT molecular complexity index is 1340. The van der Waals surface area contributed by atoms with E-state index in [2.05, 4.69) is 5.32 Å². The number of carbonyl (C=O) groups is 2. The molecule has 35 heavy (non-hydrogen) atoms. The molecule has 2 amide bonds. The number of hydrogen-bond acceptors (Lipinski definition) is 4. The third kappa shape index (κ3) is 5.68. The Morgan fingerprint density at radius 3 is 2.49 bits per heavy atom. The Hall–Kier alpha value is -3.31. The molecule has 0 spiro atoms. The van der Waals surface area contributed by atoms with Gasteiger partial charge in [0.25, 0.3) is 5.91 Å². The van der Waals surface area contributed by atoms with Gasteiger partial charge in [0.05, 0.1) is 5.25 Å². The molecular formula is C26H18Cl2FN3O2S. The molecule has 3 aromatic rings. The summed E-state index contributed by atoms with van der Waals surface area (Å²) in [6.07, 6.45) is 0.231. The van der Waals surface area contributed by atoms with Crippen LogP contribution in [0.4, 0.5) is 10.1 Å². The predicted molar refractivity (Wildman–Crippen MR) is 136 cm³/mol. The van der Waals surface area contributed by atoms with Gasteiger partial charge in [0.2, 0.25) is 5.91 Å². The van der Waals surface area contributed by atoms with Crippen LogP contribution < -0.4 is 10.2 Å². The molecule has 5 nitrogen and oxygen atoms in total. The van der Waals surface area contributed by atoms with E-state index in [0.717, 1.165) is 17.3 Å². The molecule has 1 fully saturated rings. The van der Waals surface area contributed by atoms with Crippen LogP contribution in [0.25, 0.3) is 0 Å². The van der Waals surface area contributed by atoms with E-state index in [0.29, 0.717) is 21.3 Å². The van der Waals surface area contributed by atoms with E-state index in [-0.39, 0.29) is 29.5 Å². The molecule has 0 aromatic heterocycles. The third-order valence-corrected chi connectivity index (χ3v) is 7.17. The highest BCUT2D eigenvalue weighted by Crippen LogP contribution is 2.42. The Kier molecular flexibility index (Phi) is 7.76. The second-order valence-electron chi connectivity index (χ2n) is 7.66. The standard InChI is InChI=1S/C26H18Cl2FN3O2S/c27-18-6-11-22(28)17(12-18)13-23-25(34)32(20-9-7-19(29)8-10-20)26(35-23)21(14-30)24(33)31-15-16-4-2-1-3-5-16/h1-12,23H,13,15H2,(H,31,33). The van der Waals surface area contributed by atoms with Gasteiger partial charge in [-0.25, -0.2) is 4.39 Å². The zero-order chi connectivity index (χ0) is 24.9. The molecule has 0 bridgehead atoms. The van der Waals surface area contributed by atoms with Crippen LogP contribution in [0.15, 0.2) is 83.4 Å². The van der Waals surface area contributed by atoms with Crippen LogP contribution in [0.5, 0.6) is 0 Å². The van der Waals surface area contributed by atoms with Crippen LogP contribution >= 0.6 is 35.0 Å². The number of benzene rings is 3. The van der Waals surface area contributed by atoms with E-state index in [1.165, 1.54) is 29.2 Å². The maximum Gasteiger partial charge on any atom is 0.264 e. The van der Waals surface area contributed by atoms with Gasteiger partial charge in [0.15, 0.2) is 0 Å². The second-order valence-corrected chi connectivity index (χ2v) is 9.69. The van der Waals surface area contributed by atoms with Gasteiger partial charge >= 0.3 is 0 Å². The highest BCUT2D eigenvalue weighted by molar-refractivity contribution is 8.05. The van der Waals surface area contributed by atoms with Crippen molar-refractivity contribution in [3.8, 4) is 6.07 Å². The maximum absolute atomic E-state index is 13.6. The van der Waals surface area contributed by atoms with Crippen LogP contribution in [-0.2, 0) is 22.6 Å². The molecule has 1 saturated heterocycles. The molecule has 0 radical (unpaired) electrons. The number of amides is 2. The molecule has 0 aliphatic carbocycles. The summed E-state index contributed by atoms with van der Waals surface area (Å²) in [5.41, 5.74) is 1.67. The highest BCUT2D eigenvalue weighted by atomic mass is 35.5. The van der Waals surface area contributed by atoms with Gasteiger partial charge in [0.1, 0.15) is 22.5 Å². The molecule has 4 rings (SSSR count). The van der Waals surface area contributed by atoms with Crippen LogP contribution in [0, 0.1) is 17.1 Å². The van der Waals surface area contributed by atoms with Crippen molar-refractivity contribution < 1.29 is 14.0 Å². The van der Waals surface area contributed by atoms with Crippen LogP contribution in [0.1, 0.15) is 11.1 Å². The summed E-state index contributed by atoms with van der Waals surface area (Å²) in [6, 6.07) is 21.5. The van der Waals surface area contributed by atoms with Gasteiger partial charge in [-0.15, -0.1) is 0 Å². The molecule has 9 heteroatoms. The van der Waals surface area contributed by atoms with Crippen molar-refractivity contribution in [1.82, 2.24) is 5.32 Å². The van der Waals surface area contributed by atoms with Crippen molar-refractivity contribution in [3.63, 3.8) is 0 Å². The zero-order valence-electron chi connectivity index (χ0n) is 18.2. The molecule has 1 aliphatic rings. The Labute approximate surface area is 216 Å². The molecule has 1 aliphatic heterocycles. The molecule has 176 valence electrons. The Balaban J connectivity index is 1.69. The number of carbonyl (C=O) groups excluding carboxylic acids is 2. The van der Waals surface area contributed by atoms with Gasteiger partial charge in [-0.3, -0.25) is 14.5 Å². The lowest BCUT2D eigenvalue weighted by molar-refractivity contribution is -0.117. The number of hydrogen-bond donors (Lipinski definition) is 1. The van der Waals surface area contributed by atoms with E-state index >= 15 is 0 Å².